The summed E-state index contributed by atoms with van der Waals surface area (Å²) in [6.07, 6.45) is 1.25. The molecule has 1 amide bonds. The molecule has 0 aliphatic rings. The van der Waals surface area contributed by atoms with Gasteiger partial charge in [-0.3, -0.25) is 4.79 Å². The van der Waals surface area contributed by atoms with Crippen LogP contribution in [0.3, 0.4) is 0 Å². The highest BCUT2D eigenvalue weighted by Crippen LogP contribution is 2.25. The fourth-order valence-electron chi connectivity index (χ4n) is 2.58. The van der Waals surface area contributed by atoms with Crippen LogP contribution in [0.2, 0.25) is 0 Å². The first kappa shape index (κ1) is 21.5. The van der Waals surface area contributed by atoms with Gasteiger partial charge < -0.3 is 14.8 Å². The summed E-state index contributed by atoms with van der Waals surface area (Å²) in [7, 11) is -3.81. The smallest absolute Gasteiger partial charge is 0.335 e. The Morgan fingerprint density at radius 1 is 1.03 bits per heavy atom. The minimum atomic E-state index is -3.81. The van der Waals surface area contributed by atoms with E-state index in [0.717, 1.165) is 0 Å². The Morgan fingerprint density at radius 3 is 2.23 bits per heavy atom. The maximum Gasteiger partial charge on any atom is 0.335 e. The Balaban J connectivity index is 1.77. The summed E-state index contributed by atoms with van der Waals surface area (Å²) in [5.41, 5.74) is 0.738. The molecule has 0 atom stereocenters. The molecule has 0 unspecified atom stereocenters. The van der Waals surface area contributed by atoms with Gasteiger partial charge in [-0.05, 0) is 60.7 Å². The molecule has 3 rings (SSSR count). The number of hydrogen-bond acceptors (Lipinski definition) is 6. The van der Waals surface area contributed by atoms with Gasteiger partial charge in [0.1, 0.15) is 23.2 Å². The molecule has 10 heteroatoms. The van der Waals surface area contributed by atoms with Crippen LogP contribution < -0.4 is 10.5 Å². The van der Waals surface area contributed by atoms with E-state index in [2.05, 4.69) is 5.32 Å². The van der Waals surface area contributed by atoms with Crippen LogP contribution in [0.5, 0.6) is 0 Å². The topological polar surface area (TPSA) is 163 Å². The van der Waals surface area contributed by atoms with E-state index in [9.17, 15) is 23.3 Å². The molecule has 1 heterocycles. The predicted molar refractivity (Wildman–Crippen MR) is 111 cm³/mol. The lowest BCUT2D eigenvalue weighted by atomic mass is 10.2. The van der Waals surface area contributed by atoms with Crippen LogP contribution in [0, 0.1) is 11.3 Å². The molecular weight excluding hydrogens is 422 g/mol. The van der Waals surface area contributed by atoms with Gasteiger partial charge in [-0.25, -0.2) is 18.4 Å². The van der Waals surface area contributed by atoms with E-state index >= 15 is 0 Å². The number of nitriles is 1. The number of carboxylic acid groups (broad SMARTS) is 1. The molecule has 0 fully saturated rings. The zero-order chi connectivity index (χ0) is 22.6. The van der Waals surface area contributed by atoms with Gasteiger partial charge in [0.2, 0.25) is 10.0 Å². The fraction of sp³-hybridized carbons (Fsp3) is 0. The first-order valence-corrected chi connectivity index (χ1v) is 10.2. The summed E-state index contributed by atoms with van der Waals surface area (Å²) < 4.78 is 28.3. The number of amides is 1. The molecule has 4 N–H and O–H groups in total. The molecule has 3 aromatic rings. The average Bonchev–Trinajstić information content (AvgIpc) is 3.20. The van der Waals surface area contributed by atoms with Gasteiger partial charge in [0.15, 0.2) is 0 Å². The monoisotopic (exact) mass is 437 g/mol. The Hall–Kier alpha value is -4.20. The maximum absolute atomic E-state index is 12.3. The Morgan fingerprint density at radius 2 is 1.68 bits per heavy atom. The van der Waals surface area contributed by atoms with E-state index in [4.69, 9.17) is 14.7 Å². The number of nitrogens with zero attached hydrogens (tertiary/aromatic N) is 1. The highest BCUT2D eigenvalue weighted by Gasteiger charge is 2.13. The third-order valence-corrected chi connectivity index (χ3v) is 5.06. The lowest BCUT2D eigenvalue weighted by molar-refractivity contribution is -0.112. The van der Waals surface area contributed by atoms with Crippen molar-refractivity contribution in [3.63, 3.8) is 0 Å². The van der Waals surface area contributed by atoms with Crippen LogP contribution in [0.25, 0.3) is 17.4 Å². The quantitative estimate of drug-likeness (QED) is 0.394. The van der Waals surface area contributed by atoms with Crippen LogP contribution in [0.4, 0.5) is 5.69 Å². The number of hydrogen-bond donors (Lipinski definition) is 3. The maximum atomic E-state index is 12.3. The van der Waals surface area contributed by atoms with Crippen molar-refractivity contribution in [2.45, 2.75) is 4.90 Å². The van der Waals surface area contributed by atoms with Gasteiger partial charge in [-0.1, -0.05) is 0 Å². The van der Waals surface area contributed by atoms with E-state index in [1.165, 1.54) is 54.6 Å². The molecule has 0 aliphatic heterocycles. The normalized spacial score (nSPS) is 11.5. The number of nitrogens with two attached hydrogens (primary N) is 1. The molecule has 9 nitrogen and oxygen atoms in total. The number of carboxylic acids is 1. The molecule has 0 aliphatic carbocycles. The molecule has 0 bridgehead atoms. The van der Waals surface area contributed by atoms with Gasteiger partial charge in [-0.15, -0.1) is 0 Å². The van der Waals surface area contributed by atoms with Crippen molar-refractivity contribution < 1.29 is 27.5 Å². The number of primary sulfonamides is 1. The second-order valence-corrected chi connectivity index (χ2v) is 7.84. The van der Waals surface area contributed by atoms with Crippen LogP contribution >= 0.6 is 0 Å². The minimum absolute atomic E-state index is 0.0391. The van der Waals surface area contributed by atoms with Gasteiger partial charge in [-0.2, -0.15) is 5.26 Å². The predicted octanol–water partition coefficient (Wildman–Crippen LogP) is 2.84. The summed E-state index contributed by atoms with van der Waals surface area (Å²) in [6, 6.07) is 16.1. The highest BCUT2D eigenvalue weighted by molar-refractivity contribution is 7.89. The summed E-state index contributed by atoms with van der Waals surface area (Å²) in [5, 5.41) is 25.8. The number of nitrogens with one attached hydrogen (secondary N) is 1. The lowest BCUT2D eigenvalue weighted by Crippen LogP contribution is -2.13. The summed E-state index contributed by atoms with van der Waals surface area (Å²) in [4.78, 5) is 23.2. The molecule has 0 saturated heterocycles. The Kier molecular flexibility index (Phi) is 6.01. The number of sulfonamides is 1. The summed E-state index contributed by atoms with van der Waals surface area (Å²) in [5.74, 6) is -1.16. The number of aromatic carboxylic acids is 1. The molecule has 0 spiro atoms. The summed E-state index contributed by atoms with van der Waals surface area (Å²) in [6.45, 7) is 0. The molecule has 2 aromatic carbocycles. The number of benzene rings is 2. The number of carbonyl (C=O) groups is 2. The lowest BCUT2D eigenvalue weighted by Gasteiger charge is -2.04. The number of anilines is 1. The molecule has 1 aromatic heterocycles. The SMILES string of the molecule is N#C/C(=C\c1ccc(-c2ccc(S(N)(=O)=O)cc2)o1)C(=O)Nc1ccc(C(=O)O)cc1. The van der Waals surface area contributed by atoms with Gasteiger partial charge >= 0.3 is 5.97 Å². The molecule has 0 saturated carbocycles. The zero-order valence-electron chi connectivity index (χ0n) is 15.8. The third kappa shape index (κ3) is 5.24. The largest absolute Gasteiger partial charge is 0.478 e. The van der Waals surface area contributed by atoms with Crippen molar-refractivity contribution >= 4 is 33.7 Å². The molecule has 0 radical (unpaired) electrons. The Bertz CT molecular complexity index is 1310. The first-order chi connectivity index (χ1) is 14.7. The fourth-order valence-corrected chi connectivity index (χ4v) is 3.10. The van der Waals surface area contributed by atoms with Crippen LogP contribution in [-0.2, 0) is 14.8 Å². The number of furan rings is 1. The first-order valence-electron chi connectivity index (χ1n) is 8.67. The van der Waals surface area contributed by atoms with Gasteiger partial charge in [0.05, 0.1) is 10.5 Å². The van der Waals surface area contributed by atoms with Crippen LogP contribution in [0.1, 0.15) is 16.1 Å². The van der Waals surface area contributed by atoms with E-state index in [-0.39, 0.29) is 21.8 Å². The van der Waals surface area contributed by atoms with E-state index in [1.54, 1.807) is 18.2 Å². The van der Waals surface area contributed by atoms with E-state index in [0.29, 0.717) is 17.0 Å². The minimum Gasteiger partial charge on any atom is -0.478 e. The van der Waals surface area contributed by atoms with Crippen LogP contribution in [-0.4, -0.2) is 25.4 Å². The van der Waals surface area contributed by atoms with Crippen molar-refractivity contribution in [2.75, 3.05) is 5.32 Å². The van der Waals surface area contributed by atoms with Crippen molar-refractivity contribution in [3.8, 4) is 17.4 Å². The van der Waals surface area contributed by atoms with Gasteiger partial charge in [0, 0.05) is 17.3 Å². The van der Waals surface area contributed by atoms with Crippen molar-refractivity contribution in [1.82, 2.24) is 0 Å². The molecule has 31 heavy (non-hydrogen) atoms. The van der Waals surface area contributed by atoms with Crippen molar-refractivity contribution in [3.05, 3.63) is 77.6 Å². The average molecular weight is 437 g/mol. The van der Waals surface area contributed by atoms with E-state index in [1.807, 2.05) is 0 Å². The number of rotatable bonds is 6. The van der Waals surface area contributed by atoms with E-state index < -0.39 is 21.9 Å². The van der Waals surface area contributed by atoms with Crippen LogP contribution in [0.15, 0.2) is 75.5 Å². The Labute approximate surface area is 177 Å². The summed E-state index contributed by atoms with van der Waals surface area (Å²) >= 11 is 0. The second-order valence-electron chi connectivity index (χ2n) is 6.28. The van der Waals surface area contributed by atoms with Gasteiger partial charge in [0.25, 0.3) is 5.91 Å². The van der Waals surface area contributed by atoms with Crippen molar-refractivity contribution in [1.29, 1.82) is 5.26 Å². The molecular formula is C21H15N3O6S. The highest BCUT2D eigenvalue weighted by atomic mass is 32.2. The standard InChI is InChI=1S/C21H15N3O6S/c22-12-15(20(25)24-16-5-1-14(2-6-16)21(26)27)11-17-7-10-19(30-17)13-3-8-18(9-4-13)31(23,28)29/h1-11H,(H,24,25)(H,26,27)(H2,23,28,29)/b15-11+. The molecule has 156 valence electrons. The number of carbonyl (C=O) groups excluding carboxylic acids is 1. The zero-order valence-corrected chi connectivity index (χ0v) is 16.6. The third-order valence-electron chi connectivity index (χ3n) is 4.14. The van der Waals surface area contributed by atoms with Crippen molar-refractivity contribution in [2.24, 2.45) is 5.14 Å². The second kappa shape index (κ2) is 8.66.